The first-order valence-electron chi connectivity index (χ1n) is 6.73. The Labute approximate surface area is 119 Å². The summed E-state index contributed by atoms with van der Waals surface area (Å²) >= 11 is 0. The molecule has 0 amide bonds. The van der Waals surface area contributed by atoms with E-state index in [-0.39, 0.29) is 12.0 Å². The molecule has 0 aliphatic carbocycles. The standard InChI is InChI=1S/C17H16N2O/c1-13-7-9-16(10-8-13)19-17(15(11-18)12-20-19)14-5-3-2-4-6-14/h2-10,15,17H,12H2,1H3/t15-,17+/m1/s1. The molecule has 0 radical (unpaired) electrons. The minimum absolute atomic E-state index is 0.0519. The zero-order chi connectivity index (χ0) is 13.9. The van der Waals surface area contributed by atoms with Gasteiger partial charge in [0, 0.05) is 0 Å². The molecule has 100 valence electrons. The number of anilines is 1. The quantitative estimate of drug-likeness (QED) is 0.831. The zero-order valence-electron chi connectivity index (χ0n) is 11.4. The number of rotatable bonds is 2. The van der Waals surface area contributed by atoms with E-state index in [0.717, 1.165) is 11.3 Å². The minimum Gasteiger partial charge on any atom is -0.271 e. The fourth-order valence-corrected chi connectivity index (χ4v) is 2.55. The summed E-state index contributed by atoms with van der Waals surface area (Å²) in [6.07, 6.45) is 0. The molecule has 2 aromatic carbocycles. The molecule has 3 rings (SSSR count). The normalized spacial score (nSPS) is 21.7. The van der Waals surface area contributed by atoms with Gasteiger partial charge in [0.15, 0.2) is 0 Å². The van der Waals surface area contributed by atoms with E-state index in [2.05, 4.69) is 25.1 Å². The Bertz CT molecular complexity index is 616. The number of benzene rings is 2. The van der Waals surface area contributed by atoms with Crippen LogP contribution in [-0.2, 0) is 4.84 Å². The summed E-state index contributed by atoms with van der Waals surface area (Å²) in [4.78, 5) is 5.76. The molecular formula is C17H16N2O. The lowest BCUT2D eigenvalue weighted by Crippen LogP contribution is -2.23. The topological polar surface area (TPSA) is 36.3 Å². The van der Waals surface area contributed by atoms with E-state index in [1.54, 1.807) is 0 Å². The van der Waals surface area contributed by atoms with Gasteiger partial charge in [-0.15, -0.1) is 0 Å². The SMILES string of the molecule is Cc1ccc(N2OC[C@@H](C#N)[C@@H]2c2ccccc2)cc1. The van der Waals surface area contributed by atoms with Crippen LogP contribution in [0.2, 0.25) is 0 Å². The van der Waals surface area contributed by atoms with Crippen molar-refractivity contribution < 1.29 is 4.84 Å². The van der Waals surface area contributed by atoms with E-state index in [1.165, 1.54) is 5.56 Å². The average molecular weight is 264 g/mol. The number of nitrogens with zero attached hydrogens (tertiary/aromatic N) is 2. The highest BCUT2D eigenvalue weighted by Crippen LogP contribution is 2.38. The Balaban J connectivity index is 1.98. The van der Waals surface area contributed by atoms with Crippen LogP contribution in [0.25, 0.3) is 0 Å². The van der Waals surface area contributed by atoms with Crippen molar-refractivity contribution in [1.29, 1.82) is 5.26 Å². The molecule has 1 heterocycles. The number of nitriles is 1. The van der Waals surface area contributed by atoms with E-state index in [9.17, 15) is 5.26 Å². The van der Waals surface area contributed by atoms with Crippen LogP contribution < -0.4 is 5.06 Å². The molecule has 0 saturated carbocycles. The lowest BCUT2D eigenvalue weighted by Gasteiger charge is -2.26. The molecule has 0 bridgehead atoms. The fourth-order valence-electron chi connectivity index (χ4n) is 2.55. The van der Waals surface area contributed by atoms with Gasteiger partial charge in [-0.3, -0.25) is 4.84 Å². The Kier molecular flexibility index (Phi) is 3.41. The van der Waals surface area contributed by atoms with Gasteiger partial charge in [0.1, 0.15) is 0 Å². The molecule has 1 fully saturated rings. The van der Waals surface area contributed by atoms with Crippen molar-refractivity contribution in [3.8, 4) is 6.07 Å². The Morgan fingerprint density at radius 2 is 1.80 bits per heavy atom. The van der Waals surface area contributed by atoms with Crippen molar-refractivity contribution in [3.63, 3.8) is 0 Å². The largest absolute Gasteiger partial charge is 0.271 e. The van der Waals surface area contributed by atoms with Gasteiger partial charge in [0.25, 0.3) is 0 Å². The van der Waals surface area contributed by atoms with Crippen LogP contribution in [0.15, 0.2) is 54.6 Å². The molecule has 1 aliphatic rings. The molecule has 1 aliphatic heterocycles. The highest BCUT2D eigenvalue weighted by molar-refractivity contribution is 5.49. The van der Waals surface area contributed by atoms with Crippen molar-refractivity contribution in [2.75, 3.05) is 11.7 Å². The molecule has 1 saturated heterocycles. The second kappa shape index (κ2) is 5.36. The second-order valence-corrected chi connectivity index (χ2v) is 5.05. The van der Waals surface area contributed by atoms with Gasteiger partial charge < -0.3 is 0 Å². The Morgan fingerprint density at radius 3 is 2.45 bits per heavy atom. The summed E-state index contributed by atoms with van der Waals surface area (Å²) in [6.45, 7) is 2.49. The number of hydroxylamine groups is 1. The first-order valence-corrected chi connectivity index (χ1v) is 6.73. The van der Waals surface area contributed by atoms with E-state index >= 15 is 0 Å². The van der Waals surface area contributed by atoms with Gasteiger partial charge in [-0.1, -0.05) is 48.0 Å². The first kappa shape index (κ1) is 12.7. The maximum absolute atomic E-state index is 9.35. The third kappa shape index (κ3) is 2.26. The van der Waals surface area contributed by atoms with Crippen molar-refractivity contribution in [1.82, 2.24) is 0 Å². The maximum atomic E-state index is 9.35. The van der Waals surface area contributed by atoms with Crippen LogP contribution in [0.5, 0.6) is 0 Å². The third-order valence-electron chi connectivity index (χ3n) is 3.62. The van der Waals surface area contributed by atoms with Crippen molar-refractivity contribution in [3.05, 3.63) is 65.7 Å². The summed E-state index contributed by atoms with van der Waals surface area (Å²) in [6, 6.07) is 20.5. The number of hydrogen-bond acceptors (Lipinski definition) is 3. The van der Waals surface area contributed by atoms with Crippen molar-refractivity contribution in [2.24, 2.45) is 5.92 Å². The Morgan fingerprint density at radius 1 is 1.10 bits per heavy atom. The molecule has 0 aromatic heterocycles. The highest BCUT2D eigenvalue weighted by Gasteiger charge is 2.37. The first-order chi connectivity index (χ1) is 9.79. The zero-order valence-corrected chi connectivity index (χ0v) is 11.4. The van der Waals surface area contributed by atoms with Crippen LogP contribution in [0.3, 0.4) is 0 Å². The molecule has 3 heteroatoms. The summed E-state index contributed by atoms with van der Waals surface area (Å²) in [7, 11) is 0. The molecule has 2 aromatic rings. The predicted octanol–water partition coefficient (Wildman–Crippen LogP) is 3.63. The highest BCUT2D eigenvalue weighted by atomic mass is 16.7. The van der Waals surface area contributed by atoms with Crippen LogP contribution >= 0.6 is 0 Å². The van der Waals surface area contributed by atoms with Gasteiger partial charge in [-0.05, 0) is 24.6 Å². The van der Waals surface area contributed by atoms with Crippen molar-refractivity contribution >= 4 is 5.69 Å². The van der Waals surface area contributed by atoms with Crippen LogP contribution in [-0.4, -0.2) is 6.61 Å². The van der Waals surface area contributed by atoms with Gasteiger partial charge in [-0.25, -0.2) is 5.06 Å². The van der Waals surface area contributed by atoms with E-state index in [4.69, 9.17) is 4.84 Å². The number of aryl methyl sites for hydroxylation is 1. The van der Waals surface area contributed by atoms with E-state index in [0.29, 0.717) is 6.61 Å². The summed E-state index contributed by atoms with van der Waals surface area (Å²) in [5.74, 6) is -0.154. The van der Waals surface area contributed by atoms with Gasteiger partial charge >= 0.3 is 0 Å². The van der Waals surface area contributed by atoms with E-state index < -0.39 is 0 Å². The molecule has 3 nitrogen and oxygen atoms in total. The molecule has 0 unspecified atom stereocenters. The monoisotopic (exact) mass is 264 g/mol. The molecular weight excluding hydrogens is 248 g/mol. The van der Waals surface area contributed by atoms with Gasteiger partial charge in [0.2, 0.25) is 0 Å². The summed E-state index contributed by atoms with van der Waals surface area (Å²) in [5, 5.41) is 11.2. The maximum Gasteiger partial charge on any atom is 0.0996 e. The third-order valence-corrected chi connectivity index (χ3v) is 3.62. The average Bonchev–Trinajstić information content (AvgIpc) is 2.93. The van der Waals surface area contributed by atoms with Crippen LogP contribution in [0.4, 0.5) is 5.69 Å². The fraction of sp³-hybridized carbons (Fsp3) is 0.235. The molecule has 0 N–H and O–H groups in total. The molecule has 20 heavy (non-hydrogen) atoms. The molecule has 0 spiro atoms. The summed E-state index contributed by atoms with van der Waals surface area (Å²) in [5.41, 5.74) is 3.31. The van der Waals surface area contributed by atoms with Crippen LogP contribution in [0.1, 0.15) is 17.2 Å². The molecule has 2 atom stereocenters. The summed E-state index contributed by atoms with van der Waals surface area (Å²) < 4.78 is 0. The van der Waals surface area contributed by atoms with Gasteiger partial charge in [0.05, 0.1) is 30.3 Å². The van der Waals surface area contributed by atoms with Gasteiger partial charge in [-0.2, -0.15) is 5.26 Å². The lowest BCUT2D eigenvalue weighted by molar-refractivity contribution is 0.156. The smallest absolute Gasteiger partial charge is 0.0996 e. The second-order valence-electron chi connectivity index (χ2n) is 5.05. The van der Waals surface area contributed by atoms with Crippen molar-refractivity contribution in [2.45, 2.75) is 13.0 Å². The minimum atomic E-state index is -0.154. The Hall–Kier alpha value is -2.31. The van der Waals surface area contributed by atoms with Crippen LogP contribution in [0, 0.1) is 24.2 Å². The number of hydrogen-bond donors (Lipinski definition) is 0. The lowest BCUT2D eigenvalue weighted by atomic mass is 9.95. The predicted molar refractivity (Wildman–Crippen MR) is 77.9 cm³/mol. The van der Waals surface area contributed by atoms with E-state index in [1.807, 2.05) is 47.5 Å².